The highest BCUT2D eigenvalue weighted by molar-refractivity contribution is 5.95. The third-order valence-electron chi connectivity index (χ3n) is 3.56. The lowest BCUT2D eigenvalue weighted by atomic mass is 10.2. The fourth-order valence-electron chi connectivity index (χ4n) is 2.28. The van der Waals surface area contributed by atoms with Crippen molar-refractivity contribution < 1.29 is 19.4 Å². The molecular weight excluding hydrogens is 324 g/mol. The number of nitrogens with one attached hydrogen (secondary N) is 1. The Hall–Kier alpha value is -3.55. The number of aromatic nitrogens is 2. The zero-order valence-electron chi connectivity index (χ0n) is 13.6. The van der Waals surface area contributed by atoms with E-state index in [0.29, 0.717) is 22.6 Å². The highest BCUT2D eigenvalue weighted by Crippen LogP contribution is 2.31. The summed E-state index contributed by atoms with van der Waals surface area (Å²) in [7, 11) is 2.95. The van der Waals surface area contributed by atoms with Crippen LogP contribution >= 0.6 is 0 Å². The van der Waals surface area contributed by atoms with Crippen molar-refractivity contribution in [1.82, 2.24) is 14.8 Å². The standard InChI is InChI=1S/C17H16N4O4/c1-24-12-7-14(22)13(15(8-12)25-2)9-19-20-17(23)11-3-4-16-18-5-6-21(16)10-11/h3-10,22H,1-2H3,(H,20,23). The fourth-order valence-corrected chi connectivity index (χ4v) is 2.28. The van der Waals surface area contributed by atoms with Crippen LogP contribution in [-0.2, 0) is 0 Å². The maximum Gasteiger partial charge on any atom is 0.272 e. The van der Waals surface area contributed by atoms with Gasteiger partial charge < -0.3 is 19.0 Å². The van der Waals surface area contributed by atoms with Crippen molar-refractivity contribution in [2.24, 2.45) is 5.10 Å². The molecule has 0 aliphatic rings. The monoisotopic (exact) mass is 340 g/mol. The van der Waals surface area contributed by atoms with Crippen molar-refractivity contribution in [3.8, 4) is 17.2 Å². The number of fused-ring (bicyclic) bond motifs is 1. The molecule has 0 spiro atoms. The Morgan fingerprint density at radius 3 is 2.92 bits per heavy atom. The van der Waals surface area contributed by atoms with Gasteiger partial charge >= 0.3 is 0 Å². The summed E-state index contributed by atoms with van der Waals surface area (Å²) in [5.74, 6) is 0.353. The van der Waals surface area contributed by atoms with Crippen LogP contribution in [0.4, 0.5) is 0 Å². The van der Waals surface area contributed by atoms with Crippen molar-refractivity contribution in [2.45, 2.75) is 0 Å². The van der Waals surface area contributed by atoms with E-state index in [1.54, 1.807) is 41.2 Å². The van der Waals surface area contributed by atoms with Crippen molar-refractivity contribution in [1.29, 1.82) is 0 Å². The molecular formula is C17H16N4O4. The summed E-state index contributed by atoms with van der Waals surface area (Å²) in [6.07, 6.45) is 6.35. The molecule has 0 bridgehead atoms. The number of hydrogen-bond donors (Lipinski definition) is 2. The molecule has 1 aromatic carbocycles. The number of amides is 1. The number of ether oxygens (including phenoxy) is 2. The molecule has 0 radical (unpaired) electrons. The van der Waals surface area contributed by atoms with Crippen LogP contribution in [0, 0.1) is 0 Å². The van der Waals surface area contributed by atoms with Crippen LogP contribution in [0.15, 0.2) is 48.0 Å². The van der Waals surface area contributed by atoms with Gasteiger partial charge in [0.25, 0.3) is 5.91 Å². The van der Waals surface area contributed by atoms with Gasteiger partial charge in [0.05, 0.1) is 31.6 Å². The summed E-state index contributed by atoms with van der Waals surface area (Å²) in [5.41, 5.74) is 3.91. The molecule has 25 heavy (non-hydrogen) atoms. The van der Waals surface area contributed by atoms with Crippen LogP contribution in [0.3, 0.4) is 0 Å². The summed E-state index contributed by atoms with van der Waals surface area (Å²) in [6, 6.07) is 6.42. The molecule has 3 aromatic rings. The highest BCUT2D eigenvalue weighted by atomic mass is 16.5. The third-order valence-corrected chi connectivity index (χ3v) is 3.56. The van der Waals surface area contributed by atoms with Crippen LogP contribution in [0.5, 0.6) is 17.2 Å². The number of nitrogens with zero attached hydrogens (tertiary/aromatic N) is 3. The minimum atomic E-state index is -0.390. The number of carbonyl (C=O) groups excluding carboxylic acids is 1. The van der Waals surface area contributed by atoms with Crippen molar-refractivity contribution in [3.05, 3.63) is 54.0 Å². The van der Waals surface area contributed by atoms with Gasteiger partial charge in [0.1, 0.15) is 22.9 Å². The van der Waals surface area contributed by atoms with E-state index in [0.717, 1.165) is 5.65 Å². The second-order valence-electron chi connectivity index (χ2n) is 5.07. The number of rotatable bonds is 5. The number of hydrogen-bond acceptors (Lipinski definition) is 6. The molecule has 0 fully saturated rings. The average Bonchev–Trinajstić information content (AvgIpc) is 3.10. The molecule has 2 aromatic heterocycles. The number of imidazole rings is 1. The van der Waals surface area contributed by atoms with Gasteiger partial charge in [-0.25, -0.2) is 10.4 Å². The zero-order chi connectivity index (χ0) is 17.8. The summed E-state index contributed by atoms with van der Waals surface area (Å²) in [4.78, 5) is 16.3. The molecule has 128 valence electrons. The number of benzene rings is 1. The summed E-state index contributed by atoms with van der Waals surface area (Å²) < 4.78 is 12.0. The quantitative estimate of drug-likeness (QED) is 0.545. The highest BCUT2D eigenvalue weighted by Gasteiger charge is 2.10. The summed E-state index contributed by atoms with van der Waals surface area (Å²) in [5, 5.41) is 13.9. The van der Waals surface area contributed by atoms with Crippen LogP contribution < -0.4 is 14.9 Å². The van der Waals surface area contributed by atoms with Gasteiger partial charge in [0.15, 0.2) is 0 Å². The minimum Gasteiger partial charge on any atom is -0.507 e. The fraction of sp³-hybridized carbons (Fsp3) is 0.118. The largest absolute Gasteiger partial charge is 0.507 e. The van der Waals surface area contributed by atoms with E-state index < -0.39 is 0 Å². The predicted molar refractivity (Wildman–Crippen MR) is 91.5 cm³/mol. The van der Waals surface area contributed by atoms with Gasteiger partial charge in [0, 0.05) is 30.7 Å². The third kappa shape index (κ3) is 3.37. The van der Waals surface area contributed by atoms with E-state index in [2.05, 4.69) is 15.5 Å². The first kappa shape index (κ1) is 16.3. The number of phenolic OH excluding ortho intramolecular Hbond substituents is 1. The number of methoxy groups -OCH3 is 2. The van der Waals surface area contributed by atoms with Crippen LogP contribution in [0.25, 0.3) is 5.65 Å². The molecule has 8 heteroatoms. The van der Waals surface area contributed by atoms with Crippen molar-refractivity contribution in [2.75, 3.05) is 14.2 Å². The van der Waals surface area contributed by atoms with Gasteiger partial charge in [-0.15, -0.1) is 0 Å². The first-order valence-electron chi connectivity index (χ1n) is 7.33. The lowest BCUT2D eigenvalue weighted by Crippen LogP contribution is -2.18. The molecule has 0 saturated carbocycles. The van der Waals surface area contributed by atoms with E-state index in [-0.39, 0.29) is 11.7 Å². The van der Waals surface area contributed by atoms with Gasteiger partial charge in [-0.2, -0.15) is 5.10 Å². The van der Waals surface area contributed by atoms with Crippen LogP contribution in [-0.4, -0.2) is 40.8 Å². The predicted octanol–water partition coefficient (Wildman–Crippen LogP) is 1.82. The SMILES string of the molecule is COc1cc(O)c(C=NNC(=O)c2ccc3nccn3c2)c(OC)c1. The van der Waals surface area contributed by atoms with Gasteiger partial charge in [-0.1, -0.05) is 0 Å². The Morgan fingerprint density at radius 1 is 1.32 bits per heavy atom. The lowest BCUT2D eigenvalue weighted by molar-refractivity contribution is 0.0954. The Balaban J connectivity index is 1.77. The van der Waals surface area contributed by atoms with Gasteiger partial charge in [-0.05, 0) is 12.1 Å². The molecule has 0 unspecified atom stereocenters. The maximum atomic E-state index is 12.2. The summed E-state index contributed by atoms with van der Waals surface area (Å²) in [6.45, 7) is 0. The van der Waals surface area contributed by atoms with Gasteiger partial charge in [-0.3, -0.25) is 4.79 Å². The number of hydrazone groups is 1. The van der Waals surface area contributed by atoms with Gasteiger partial charge in [0.2, 0.25) is 0 Å². The number of aromatic hydroxyl groups is 1. The molecule has 3 rings (SSSR count). The first-order chi connectivity index (χ1) is 12.1. The number of phenols is 1. The maximum absolute atomic E-state index is 12.2. The normalized spacial score (nSPS) is 11.0. The average molecular weight is 340 g/mol. The minimum absolute atomic E-state index is 0.0750. The van der Waals surface area contributed by atoms with Crippen LogP contribution in [0.1, 0.15) is 15.9 Å². The van der Waals surface area contributed by atoms with Crippen LogP contribution in [0.2, 0.25) is 0 Å². The second kappa shape index (κ2) is 6.91. The topological polar surface area (TPSA) is 97.5 Å². The molecule has 0 saturated heterocycles. The molecule has 0 aliphatic heterocycles. The zero-order valence-corrected chi connectivity index (χ0v) is 13.6. The summed E-state index contributed by atoms with van der Waals surface area (Å²) >= 11 is 0. The van der Waals surface area contributed by atoms with E-state index in [1.165, 1.54) is 26.5 Å². The second-order valence-corrected chi connectivity index (χ2v) is 5.07. The van der Waals surface area contributed by atoms with E-state index in [1.807, 2.05) is 0 Å². The molecule has 0 atom stereocenters. The molecule has 2 heterocycles. The Labute approximate surface area is 143 Å². The lowest BCUT2D eigenvalue weighted by Gasteiger charge is -2.09. The van der Waals surface area contributed by atoms with E-state index in [4.69, 9.17) is 9.47 Å². The molecule has 2 N–H and O–H groups in total. The first-order valence-corrected chi connectivity index (χ1v) is 7.33. The Bertz CT molecular complexity index is 949. The Kier molecular flexibility index (Phi) is 4.51. The van der Waals surface area contributed by atoms with Crippen molar-refractivity contribution >= 4 is 17.8 Å². The van der Waals surface area contributed by atoms with E-state index >= 15 is 0 Å². The smallest absolute Gasteiger partial charge is 0.272 e. The number of pyridine rings is 1. The molecule has 1 amide bonds. The number of carbonyl (C=O) groups is 1. The molecule has 8 nitrogen and oxygen atoms in total. The van der Waals surface area contributed by atoms with E-state index in [9.17, 15) is 9.90 Å². The Morgan fingerprint density at radius 2 is 2.16 bits per heavy atom. The van der Waals surface area contributed by atoms with Crippen molar-refractivity contribution in [3.63, 3.8) is 0 Å². The molecule has 0 aliphatic carbocycles.